The lowest BCUT2D eigenvalue weighted by Gasteiger charge is -2.31. The first kappa shape index (κ1) is 21.9. The van der Waals surface area contributed by atoms with Crippen LogP contribution in [0, 0.1) is 0 Å². The molecule has 1 aliphatic heterocycles. The highest BCUT2D eigenvalue weighted by Crippen LogP contribution is 2.38. The van der Waals surface area contributed by atoms with Crippen LogP contribution in [0.15, 0.2) is 74.6 Å². The van der Waals surface area contributed by atoms with Crippen molar-refractivity contribution in [3.63, 3.8) is 0 Å². The minimum Gasteiger partial charge on any atom is -0.508 e. The summed E-state index contributed by atoms with van der Waals surface area (Å²) in [4.78, 5) is 5.03. The van der Waals surface area contributed by atoms with Gasteiger partial charge in [0.15, 0.2) is 0 Å². The van der Waals surface area contributed by atoms with Crippen molar-refractivity contribution in [1.82, 2.24) is 5.32 Å². The Kier molecular flexibility index (Phi) is 6.65. The second-order valence-electron chi connectivity index (χ2n) is 7.22. The summed E-state index contributed by atoms with van der Waals surface area (Å²) in [5.41, 5.74) is 3.63. The van der Waals surface area contributed by atoms with Crippen LogP contribution in [0.1, 0.15) is 35.3 Å². The molecule has 3 aromatic carbocycles. The van der Waals surface area contributed by atoms with Crippen LogP contribution in [0.2, 0.25) is 0 Å². The van der Waals surface area contributed by atoms with Gasteiger partial charge < -0.3 is 14.6 Å². The van der Waals surface area contributed by atoms with Crippen molar-refractivity contribution >= 4 is 37.6 Å². The maximum absolute atomic E-state index is 10.6. The summed E-state index contributed by atoms with van der Waals surface area (Å²) in [5.74, 6) is 1.76. The quantitative estimate of drug-likeness (QED) is 0.403. The largest absolute Gasteiger partial charge is 0.508 e. The van der Waals surface area contributed by atoms with Gasteiger partial charge in [0.1, 0.15) is 23.4 Å². The van der Waals surface area contributed by atoms with Gasteiger partial charge in [-0.2, -0.15) is 0 Å². The SMILES string of the molecule is COc1cccc(C2=N[C@@H](c3cc(Br)ccc3OC)N[C@H](c3cc(Br)ccc3O)C2)c1. The normalized spacial score (nSPS) is 18.4. The zero-order valence-corrected chi connectivity index (χ0v) is 20.3. The molecule has 1 aliphatic rings. The predicted molar refractivity (Wildman–Crippen MR) is 129 cm³/mol. The molecule has 1 heterocycles. The third kappa shape index (κ3) is 4.79. The van der Waals surface area contributed by atoms with Crippen molar-refractivity contribution in [2.75, 3.05) is 14.2 Å². The van der Waals surface area contributed by atoms with Gasteiger partial charge in [-0.25, -0.2) is 0 Å². The number of rotatable bonds is 5. The number of methoxy groups -OCH3 is 2. The van der Waals surface area contributed by atoms with Gasteiger partial charge in [0.05, 0.1) is 14.2 Å². The third-order valence-electron chi connectivity index (χ3n) is 5.30. The van der Waals surface area contributed by atoms with Crippen molar-refractivity contribution in [3.05, 3.63) is 86.3 Å². The standard InChI is InChI=1S/C24H22Br2N2O3/c1-30-17-5-3-4-14(10-17)20-13-21(18-11-15(25)6-8-22(18)29)28-24(27-20)19-12-16(26)7-9-23(19)31-2/h3-12,21,24,28-29H,13H2,1-2H3/t21-,24+/m0/s1. The summed E-state index contributed by atoms with van der Waals surface area (Å²) in [6.45, 7) is 0. The monoisotopic (exact) mass is 544 g/mol. The second-order valence-corrected chi connectivity index (χ2v) is 9.05. The molecule has 2 N–H and O–H groups in total. The molecule has 0 saturated heterocycles. The molecule has 0 amide bonds. The minimum atomic E-state index is -0.356. The van der Waals surface area contributed by atoms with Gasteiger partial charge in [0.25, 0.3) is 0 Å². The zero-order chi connectivity index (χ0) is 22.0. The average molecular weight is 546 g/mol. The summed E-state index contributed by atoms with van der Waals surface area (Å²) in [6.07, 6.45) is 0.259. The van der Waals surface area contributed by atoms with E-state index in [9.17, 15) is 5.11 Å². The van der Waals surface area contributed by atoms with E-state index in [1.54, 1.807) is 20.3 Å². The van der Waals surface area contributed by atoms with Crippen LogP contribution in [0.25, 0.3) is 0 Å². The first-order valence-electron chi connectivity index (χ1n) is 9.77. The molecular weight excluding hydrogens is 524 g/mol. The van der Waals surface area contributed by atoms with Crippen LogP contribution >= 0.6 is 31.9 Å². The van der Waals surface area contributed by atoms with Crippen LogP contribution in [-0.4, -0.2) is 25.0 Å². The molecule has 5 nitrogen and oxygen atoms in total. The average Bonchev–Trinajstić information content (AvgIpc) is 2.80. The second kappa shape index (κ2) is 9.42. The van der Waals surface area contributed by atoms with Crippen LogP contribution < -0.4 is 14.8 Å². The maximum Gasteiger partial charge on any atom is 0.130 e. The number of aromatic hydroxyl groups is 1. The van der Waals surface area contributed by atoms with E-state index in [0.717, 1.165) is 42.8 Å². The van der Waals surface area contributed by atoms with E-state index in [-0.39, 0.29) is 18.0 Å². The molecule has 4 rings (SSSR count). The fourth-order valence-electron chi connectivity index (χ4n) is 3.77. The third-order valence-corrected chi connectivity index (χ3v) is 6.28. The Bertz CT molecular complexity index is 1130. The Hall–Kier alpha value is -2.35. The summed E-state index contributed by atoms with van der Waals surface area (Å²) in [5, 5.41) is 14.2. The smallest absolute Gasteiger partial charge is 0.130 e. The van der Waals surface area contributed by atoms with Gasteiger partial charge >= 0.3 is 0 Å². The molecule has 0 aliphatic carbocycles. The van der Waals surface area contributed by atoms with Crippen molar-refractivity contribution in [3.8, 4) is 17.2 Å². The number of halogens is 2. The molecule has 0 aromatic heterocycles. The summed E-state index contributed by atoms with van der Waals surface area (Å²) in [7, 11) is 3.31. The summed E-state index contributed by atoms with van der Waals surface area (Å²) < 4.78 is 12.9. The lowest BCUT2D eigenvalue weighted by molar-refractivity contribution is 0.380. The maximum atomic E-state index is 10.6. The number of benzene rings is 3. The van der Waals surface area contributed by atoms with Gasteiger partial charge in [0.2, 0.25) is 0 Å². The number of ether oxygens (including phenoxy) is 2. The highest BCUT2D eigenvalue weighted by Gasteiger charge is 2.29. The molecule has 0 fully saturated rings. The molecule has 0 spiro atoms. The van der Waals surface area contributed by atoms with Crippen molar-refractivity contribution in [2.45, 2.75) is 18.6 Å². The predicted octanol–water partition coefficient (Wildman–Crippen LogP) is 6.16. The van der Waals surface area contributed by atoms with E-state index >= 15 is 0 Å². The molecule has 0 saturated carbocycles. The Labute approximate surface area is 198 Å². The van der Waals surface area contributed by atoms with Crippen molar-refractivity contribution in [1.29, 1.82) is 0 Å². The number of hydrogen-bond donors (Lipinski definition) is 2. The molecule has 0 bridgehead atoms. The molecular formula is C24H22Br2N2O3. The summed E-state index contributed by atoms with van der Waals surface area (Å²) in [6, 6.07) is 19.1. The number of nitrogens with one attached hydrogen (secondary N) is 1. The van der Waals surface area contributed by atoms with Crippen molar-refractivity contribution < 1.29 is 14.6 Å². The highest BCUT2D eigenvalue weighted by atomic mass is 79.9. The molecule has 31 heavy (non-hydrogen) atoms. The Morgan fingerprint density at radius 3 is 2.42 bits per heavy atom. The molecule has 7 heteroatoms. The van der Waals surface area contributed by atoms with Crippen LogP contribution in [0.3, 0.4) is 0 Å². The Balaban J connectivity index is 1.83. The van der Waals surface area contributed by atoms with Crippen LogP contribution in [-0.2, 0) is 0 Å². The summed E-state index contributed by atoms with van der Waals surface area (Å²) >= 11 is 7.08. The van der Waals surface area contributed by atoms with E-state index in [2.05, 4.69) is 37.2 Å². The van der Waals surface area contributed by atoms with Crippen LogP contribution in [0.4, 0.5) is 0 Å². The number of phenolic OH excluding ortho intramolecular Hbond substituents is 1. The molecule has 2 atom stereocenters. The highest BCUT2D eigenvalue weighted by molar-refractivity contribution is 9.10. The topological polar surface area (TPSA) is 63.1 Å². The van der Waals surface area contributed by atoms with E-state index in [1.165, 1.54) is 0 Å². The number of phenols is 1. The van der Waals surface area contributed by atoms with Gasteiger partial charge in [-0.1, -0.05) is 44.0 Å². The van der Waals surface area contributed by atoms with Gasteiger partial charge in [-0.15, -0.1) is 0 Å². The first-order valence-corrected chi connectivity index (χ1v) is 11.4. The van der Waals surface area contributed by atoms with Gasteiger partial charge in [-0.05, 0) is 54.1 Å². The van der Waals surface area contributed by atoms with E-state index in [0.29, 0.717) is 6.42 Å². The number of aliphatic imine (C=N–C) groups is 1. The van der Waals surface area contributed by atoms with Crippen LogP contribution in [0.5, 0.6) is 17.2 Å². The van der Waals surface area contributed by atoms with E-state index < -0.39 is 0 Å². The zero-order valence-electron chi connectivity index (χ0n) is 17.1. The first-order chi connectivity index (χ1) is 15.0. The molecule has 3 aromatic rings. The molecule has 160 valence electrons. The minimum absolute atomic E-state index is 0.148. The Morgan fingerprint density at radius 2 is 1.68 bits per heavy atom. The fourth-order valence-corrected chi connectivity index (χ4v) is 4.52. The fraction of sp³-hybridized carbons (Fsp3) is 0.208. The Morgan fingerprint density at radius 1 is 0.935 bits per heavy atom. The van der Waals surface area contributed by atoms with Gasteiger partial charge in [0, 0.05) is 38.2 Å². The lowest BCUT2D eigenvalue weighted by atomic mass is 9.93. The van der Waals surface area contributed by atoms with Gasteiger partial charge in [-0.3, -0.25) is 10.3 Å². The number of hydrogen-bond acceptors (Lipinski definition) is 5. The lowest BCUT2D eigenvalue weighted by Crippen LogP contribution is -2.33. The van der Waals surface area contributed by atoms with Crippen molar-refractivity contribution in [2.24, 2.45) is 4.99 Å². The van der Waals surface area contributed by atoms with E-state index in [4.69, 9.17) is 14.5 Å². The molecule has 0 radical (unpaired) electrons. The van der Waals surface area contributed by atoms with E-state index in [1.807, 2.05) is 54.6 Å². The molecule has 0 unspecified atom stereocenters. The number of nitrogens with zero attached hydrogens (tertiary/aromatic N) is 1.